The van der Waals surface area contributed by atoms with Gasteiger partial charge in [0.05, 0.1) is 16.6 Å². The van der Waals surface area contributed by atoms with Crippen LogP contribution in [0.25, 0.3) is 10.2 Å². The Balaban J connectivity index is 1.58. The highest BCUT2D eigenvalue weighted by atomic mass is 32.1. The van der Waals surface area contributed by atoms with Gasteiger partial charge in [-0.2, -0.15) is 0 Å². The van der Waals surface area contributed by atoms with Gasteiger partial charge in [0.2, 0.25) is 5.91 Å². The first-order chi connectivity index (χ1) is 15.6. The lowest BCUT2D eigenvalue weighted by Gasteiger charge is -2.35. The van der Waals surface area contributed by atoms with E-state index < -0.39 is 11.7 Å². The molecule has 1 N–H and O–H groups in total. The van der Waals surface area contributed by atoms with Gasteiger partial charge in [-0.25, -0.2) is 9.37 Å². The van der Waals surface area contributed by atoms with Crippen LogP contribution in [0.3, 0.4) is 0 Å². The highest BCUT2D eigenvalue weighted by molar-refractivity contribution is 7.20. The fourth-order valence-electron chi connectivity index (χ4n) is 4.46. The first kappa shape index (κ1) is 23.1. The summed E-state index contributed by atoms with van der Waals surface area (Å²) < 4.78 is 15.1. The number of anilines is 1. The minimum atomic E-state index is -0.433. The van der Waals surface area contributed by atoms with Crippen molar-refractivity contribution in [2.45, 2.75) is 40.7 Å². The maximum absolute atomic E-state index is 13.8. The molecular formula is C24H27FN4O3S. The fraction of sp³-hybridized carbons (Fsp3) is 0.417. The van der Waals surface area contributed by atoms with Gasteiger partial charge in [0, 0.05) is 18.8 Å². The summed E-state index contributed by atoms with van der Waals surface area (Å²) in [6.45, 7) is 8.88. The average Bonchev–Trinajstić information content (AvgIpc) is 3.09. The summed E-state index contributed by atoms with van der Waals surface area (Å²) in [5.41, 5.74) is 0.972. The molecule has 0 bridgehead atoms. The van der Waals surface area contributed by atoms with Crippen molar-refractivity contribution < 1.29 is 14.0 Å². The van der Waals surface area contributed by atoms with Crippen LogP contribution >= 0.6 is 11.3 Å². The monoisotopic (exact) mass is 470 g/mol. The minimum Gasteiger partial charge on any atom is -0.341 e. The maximum atomic E-state index is 13.8. The summed E-state index contributed by atoms with van der Waals surface area (Å²) in [4.78, 5) is 45.7. The molecule has 0 radical (unpaired) electrons. The number of likely N-dealkylation sites (tertiary alicyclic amines) is 1. The fourth-order valence-corrected chi connectivity index (χ4v) is 5.49. The van der Waals surface area contributed by atoms with Crippen molar-refractivity contribution in [3.8, 4) is 0 Å². The Labute approximate surface area is 195 Å². The van der Waals surface area contributed by atoms with Crippen LogP contribution in [-0.2, 0) is 11.3 Å². The van der Waals surface area contributed by atoms with E-state index in [0.717, 1.165) is 17.8 Å². The minimum absolute atomic E-state index is 0.0827. The summed E-state index contributed by atoms with van der Waals surface area (Å²) in [7, 11) is 0. The van der Waals surface area contributed by atoms with Gasteiger partial charge in [0.25, 0.3) is 11.5 Å². The number of nitrogens with one attached hydrogen (secondary N) is 1. The molecule has 1 aliphatic rings. The summed E-state index contributed by atoms with van der Waals surface area (Å²) >= 11 is 1.10. The first-order valence-corrected chi connectivity index (χ1v) is 11.8. The van der Waals surface area contributed by atoms with Gasteiger partial charge in [0.1, 0.15) is 17.2 Å². The quantitative estimate of drug-likeness (QED) is 0.625. The summed E-state index contributed by atoms with van der Waals surface area (Å²) in [6.07, 6.45) is 2.46. The van der Waals surface area contributed by atoms with Crippen LogP contribution in [-0.4, -0.2) is 39.4 Å². The van der Waals surface area contributed by atoms with Gasteiger partial charge in [-0.3, -0.25) is 19.0 Å². The van der Waals surface area contributed by atoms with E-state index in [1.165, 1.54) is 17.0 Å². The zero-order chi connectivity index (χ0) is 23.9. The molecule has 33 heavy (non-hydrogen) atoms. The van der Waals surface area contributed by atoms with Gasteiger partial charge in [-0.1, -0.05) is 19.9 Å². The standard InChI is InChI=1S/C24H27FN4O3S/c1-13-7-14(2)10-28(9-13)19(30)11-29-12-26-23-20(24(29)32)16(4)21(33-23)22(31)27-17-6-5-15(3)18(25)8-17/h5-6,8,12-14H,7,9-11H2,1-4H3,(H,27,31)/t13-,14-/m0/s1. The molecule has 7 nitrogen and oxygen atoms in total. The lowest BCUT2D eigenvalue weighted by atomic mass is 9.92. The third-order valence-electron chi connectivity index (χ3n) is 6.08. The third-order valence-corrected chi connectivity index (χ3v) is 7.28. The molecule has 1 aliphatic heterocycles. The molecule has 3 aromatic rings. The second-order valence-corrected chi connectivity index (χ2v) is 10.1. The van der Waals surface area contributed by atoms with Crippen LogP contribution in [0.4, 0.5) is 10.1 Å². The van der Waals surface area contributed by atoms with Crippen LogP contribution in [0.15, 0.2) is 29.3 Å². The average molecular weight is 471 g/mol. The van der Waals surface area contributed by atoms with E-state index >= 15 is 0 Å². The number of hydrogen-bond donors (Lipinski definition) is 1. The van der Waals surface area contributed by atoms with E-state index in [9.17, 15) is 18.8 Å². The largest absolute Gasteiger partial charge is 0.341 e. The molecule has 9 heteroatoms. The number of nitrogens with zero attached hydrogens (tertiary/aromatic N) is 3. The van der Waals surface area contributed by atoms with E-state index in [1.807, 2.05) is 4.90 Å². The van der Waals surface area contributed by atoms with Crippen LogP contribution in [0, 0.1) is 31.5 Å². The molecule has 3 heterocycles. The summed E-state index contributed by atoms with van der Waals surface area (Å²) in [5.74, 6) is -0.0945. The van der Waals surface area contributed by atoms with Crippen molar-refractivity contribution >= 4 is 39.1 Å². The Kier molecular flexibility index (Phi) is 6.34. The van der Waals surface area contributed by atoms with Gasteiger partial charge in [0.15, 0.2) is 0 Å². The highest BCUT2D eigenvalue weighted by Crippen LogP contribution is 2.28. The molecule has 2 amide bonds. The molecule has 1 fully saturated rings. The zero-order valence-corrected chi connectivity index (χ0v) is 20.0. The van der Waals surface area contributed by atoms with Gasteiger partial charge >= 0.3 is 0 Å². The van der Waals surface area contributed by atoms with Crippen LogP contribution < -0.4 is 10.9 Å². The Morgan fingerprint density at radius 1 is 1.21 bits per heavy atom. The summed E-state index contributed by atoms with van der Waals surface area (Å²) in [6, 6.07) is 4.47. The Morgan fingerprint density at radius 3 is 2.58 bits per heavy atom. The molecule has 174 valence electrons. The molecule has 2 atom stereocenters. The lowest BCUT2D eigenvalue weighted by molar-refractivity contribution is -0.134. The highest BCUT2D eigenvalue weighted by Gasteiger charge is 2.26. The Hall–Kier alpha value is -3.07. The number of carbonyl (C=O) groups excluding carboxylic acids is 2. The van der Waals surface area contributed by atoms with Crippen molar-refractivity contribution in [1.82, 2.24) is 14.5 Å². The van der Waals surface area contributed by atoms with Crippen molar-refractivity contribution in [3.05, 3.63) is 56.7 Å². The molecule has 0 spiro atoms. The molecule has 0 unspecified atom stereocenters. The number of benzene rings is 1. The van der Waals surface area contributed by atoms with Gasteiger partial charge in [-0.15, -0.1) is 11.3 Å². The number of rotatable bonds is 4. The third kappa shape index (κ3) is 4.68. The molecule has 1 saturated heterocycles. The number of aromatic nitrogens is 2. The maximum Gasteiger partial charge on any atom is 0.266 e. The van der Waals surface area contributed by atoms with Gasteiger partial charge < -0.3 is 10.2 Å². The number of hydrogen-bond acceptors (Lipinski definition) is 5. The van der Waals surface area contributed by atoms with Crippen LogP contribution in [0.5, 0.6) is 0 Å². The SMILES string of the molecule is Cc1ccc(NC(=O)c2sc3ncn(CC(=O)N4C[C@@H](C)C[C@H](C)C4)c(=O)c3c2C)cc1F. The van der Waals surface area contributed by atoms with Crippen molar-refractivity contribution in [2.75, 3.05) is 18.4 Å². The summed E-state index contributed by atoms with van der Waals surface area (Å²) in [5, 5.41) is 3.01. The number of aryl methyl sites for hydroxylation is 2. The van der Waals surface area contributed by atoms with E-state index in [0.29, 0.717) is 56.8 Å². The van der Waals surface area contributed by atoms with E-state index in [1.54, 1.807) is 26.0 Å². The molecular weight excluding hydrogens is 443 g/mol. The second-order valence-electron chi connectivity index (χ2n) is 9.08. The predicted molar refractivity (Wildman–Crippen MR) is 127 cm³/mol. The first-order valence-electron chi connectivity index (χ1n) is 11.0. The molecule has 4 rings (SSSR count). The van der Waals surface area contributed by atoms with Gasteiger partial charge in [-0.05, 0) is 55.4 Å². The smallest absolute Gasteiger partial charge is 0.266 e. The van der Waals surface area contributed by atoms with Crippen molar-refractivity contribution in [2.24, 2.45) is 11.8 Å². The molecule has 2 aromatic heterocycles. The number of halogens is 1. The van der Waals surface area contributed by atoms with E-state index in [-0.39, 0.29) is 18.0 Å². The molecule has 1 aromatic carbocycles. The van der Waals surface area contributed by atoms with Crippen LogP contribution in [0.2, 0.25) is 0 Å². The van der Waals surface area contributed by atoms with Crippen molar-refractivity contribution in [3.63, 3.8) is 0 Å². The topological polar surface area (TPSA) is 84.3 Å². The zero-order valence-electron chi connectivity index (χ0n) is 19.1. The molecule has 0 saturated carbocycles. The van der Waals surface area contributed by atoms with E-state index in [2.05, 4.69) is 24.1 Å². The number of amides is 2. The normalized spacial score (nSPS) is 18.5. The van der Waals surface area contributed by atoms with Crippen molar-refractivity contribution in [1.29, 1.82) is 0 Å². The Morgan fingerprint density at radius 2 is 1.91 bits per heavy atom. The Bertz CT molecular complexity index is 1290. The second kappa shape index (κ2) is 9.05. The number of fused-ring (bicyclic) bond motifs is 1. The van der Waals surface area contributed by atoms with Crippen LogP contribution in [0.1, 0.15) is 41.1 Å². The number of thiophene rings is 1. The number of piperidine rings is 1. The number of carbonyl (C=O) groups is 2. The lowest BCUT2D eigenvalue weighted by Crippen LogP contribution is -2.44. The van der Waals surface area contributed by atoms with E-state index in [4.69, 9.17) is 0 Å². The predicted octanol–water partition coefficient (Wildman–Crippen LogP) is 3.97. The molecule has 0 aliphatic carbocycles.